The average Bonchev–Trinajstić information content (AvgIpc) is 3.15. The molecule has 7 heteroatoms. The molecule has 0 aliphatic heterocycles. The van der Waals surface area contributed by atoms with Gasteiger partial charge in [-0.15, -0.1) is 16.4 Å². The zero-order chi connectivity index (χ0) is 13.9. The second-order valence-electron chi connectivity index (χ2n) is 3.90. The number of ether oxygens (including phenoxy) is 1. The van der Waals surface area contributed by atoms with Crippen molar-refractivity contribution >= 4 is 17.6 Å². The molecule has 0 fully saturated rings. The number of hydrogen-bond donors (Lipinski definition) is 0. The number of hydrogen-bond acceptors (Lipinski definition) is 6. The van der Waals surface area contributed by atoms with Gasteiger partial charge < -0.3 is 4.74 Å². The molecule has 0 saturated heterocycles. The van der Waals surface area contributed by atoms with E-state index >= 15 is 0 Å². The predicted molar refractivity (Wildman–Crippen MR) is 74.4 cm³/mol. The van der Waals surface area contributed by atoms with Crippen LogP contribution in [-0.2, 0) is 0 Å². The third-order valence-electron chi connectivity index (χ3n) is 2.77. The molecular formula is C13H10N4O2S. The molecule has 0 aliphatic rings. The van der Waals surface area contributed by atoms with Gasteiger partial charge in [0.25, 0.3) is 0 Å². The van der Waals surface area contributed by atoms with Crippen molar-refractivity contribution in [2.45, 2.75) is 0 Å². The van der Waals surface area contributed by atoms with E-state index in [9.17, 15) is 4.79 Å². The van der Waals surface area contributed by atoms with Gasteiger partial charge in [0.15, 0.2) is 12.0 Å². The Balaban J connectivity index is 2.15. The molecule has 0 spiro atoms. The van der Waals surface area contributed by atoms with Crippen molar-refractivity contribution in [3.63, 3.8) is 0 Å². The molecule has 1 aromatic carbocycles. The van der Waals surface area contributed by atoms with Crippen LogP contribution in [0.15, 0.2) is 35.8 Å². The Morgan fingerprint density at radius 3 is 2.70 bits per heavy atom. The minimum Gasteiger partial charge on any atom is -0.497 e. The zero-order valence-electron chi connectivity index (χ0n) is 10.6. The molecule has 2 heterocycles. The summed E-state index contributed by atoms with van der Waals surface area (Å²) in [5, 5.41) is 10.4. The van der Waals surface area contributed by atoms with E-state index in [0.717, 1.165) is 11.3 Å². The van der Waals surface area contributed by atoms with Gasteiger partial charge in [-0.2, -0.15) is 4.68 Å². The fraction of sp³-hybridized carbons (Fsp3) is 0.0769. The molecule has 2 aromatic heterocycles. The average molecular weight is 286 g/mol. The first kappa shape index (κ1) is 12.5. The van der Waals surface area contributed by atoms with Gasteiger partial charge in [-0.25, -0.2) is 4.98 Å². The molecule has 100 valence electrons. The lowest BCUT2D eigenvalue weighted by atomic mass is 10.1. The lowest BCUT2D eigenvalue weighted by Gasteiger charge is -2.05. The van der Waals surface area contributed by atoms with Crippen LogP contribution in [-0.4, -0.2) is 33.4 Å². The SMILES string of the molecule is COc1ccc(-c2c(C=O)nnn2-c2nccs2)cc1. The van der Waals surface area contributed by atoms with Gasteiger partial charge >= 0.3 is 0 Å². The van der Waals surface area contributed by atoms with Crippen molar-refractivity contribution in [1.82, 2.24) is 20.0 Å². The van der Waals surface area contributed by atoms with Crippen LogP contribution in [0.2, 0.25) is 0 Å². The standard InChI is InChI=1S/C13H10N4O2S/c1-19-10-4-2-9(3-5-10)12-11(8-18)15-16-17(12)13-14-6-7-20-13/h2-8H,1H3. The van der Waals surface area contributed by atoms with Crippen LogP contribution in [0.3, 0.4) is 0 Å². The number of carbonyl (C=O) groups is 1. The Morgan fingerprint density at radius 1 is 1.30 bits per heavy atom. The summed E-state index contributed by atoms with van der Waals surface area (Å²) in [6, 6.07) is 7.36. The maximum absolute atomic E-state index is 11.1. The van der Waals surface area contributed by atoms with Crippen molar-refractivity contribution in [1.29, 1.82) is 0 Å². The highest BCUT2D eigenvalue weighted by atomic mass is 32.1. The summed E-state index contributed by atoms with van der Waals surface area (Å²) in [6.07, 6.45) is 2.37. The summed E-state index contributed by atoms with van der Waals surface area (Å²) in [5.74, 6) is 0.745. The summed E-state index contributed by atoms with van der Waals surface area (Å²) >= 11 is 1.43. The topological polar surface area (TPSA) is 69.9 Å². The van der Waals surface area contributed by atoms with Crippen molar-refractivity contribution < 1.29 is 9.53 Å². The molecule has 0 unspecified atom stereocenters. The largest absolute Gasteiger partial charge is 0.497 e. The van der Waals surface area contributed by atoms with Crippen LogP contribution >= 0.6 is 11.3 Å². The summed E-state index contributed by atoms with van der Waals surface area (Å²) in [5.41, 5.74) is 1.73. The zero-order valence-corrected chi connectivity index (χ0v) is 11.4. The van der Waals surface area contributed by atoms with Gasteiger partial charge in [0, 0.05) is 17.1 Å². The monoisotopic (exact) mass is 286 g/mol. The lowest BCUT2D eigenvalue weighted by Crippen LogP contribution is -1.99. The van der Waals surface area contributed by atoms with Crippen LogP contribution in [0.5, 0.6) is 5.75 Å². The molecule has 0 amide bonds. The highest BCUT2D eigenvalue weighted by Gasteiger charge is 2.17. The van der Waals surface area contributed by atoms with Crippen LogP contribution < -0.4 is 4.74 Å². The Bertz CT molecular complexity index is 719. The van der Waals surface area contributed by atoms with E-state index in [4.69, 9.17) is 4.74 Å². The van der Waals surface area contributed by atoms with Crippen LogP contribution in [0.4, 0.5) is 0 Å². The van der Waals surface area contributed by atoms with Crippen molar-refractivity contribution in [3.8, 4) is 22.1 Å². The summed E-state index contributed by atoms with van der Waals surface area (Å²) in [7, 11) is 1.60. The number of rotatable bonds is 4. The molecule has 0 bridgehead atoms. The van der Waals surface area contributed by atoms with Crippen molar-refractivity contribution in [2.75, 3.05) is 7.11 Å². The maximum atomic E-state index is 11.1. The van der Waals surface area contributed by atoms with E-state index < -0.39 is 0 Å². The Morgan fingerprint density at radius 2 is 2.10 bits per heavy atom. The van der Waals surface area contributed by atoms with Gasteiger partial charge in [-0.1, -0.05) is 5.21 Å². The number of aldehydes is 1. The number of carbonyl (C=O) groups excluding carboxylic acids is 1. The molecule has 0 N–H and O–H groups in total. The Kier molecular flexibility index (Phi) is 3.26. The second kappa shape index (κ2) is 5.22. The molecule has 20 heavy (non-hydrogen) atoms. The van der Waals surface area contributed by atoms with E-state index in [2.05, 4.69) is 15.3 Å². The number of nitrogens with zero attached hydrogens (tertiary/aromatic N) is 4. The minimum atomic E-state index is 0.283. The van der Waals surface area contributed by atoms with Crippen LogP contribution in [0, 0.1) is 0 Å². The van der Waals surface area contributed by atoms with Gasteiger partial charge in [0.1, 0.15) is 11.4 Å². The Labute approximate surface area is 118 Å². The van der Waals surface area contributed by atoms with E-state index in [-0.39, 0.29) is 5.69 Å². The van der Waals surface area contributed by atoms with E-state index in [0.29, 0.717) is 17.1 Å². The number of benzene rings is 1. The molecular weight excluding hydrogens is 276 g/mol. The van der Waals surface area contributed by atoms with Crippen LogP contribution in [0.25, 0.3) is 16.4 Å². The van der Waals surface area contributed by atoms with Gasteiger partial charge in [0.2, 0.25) is 5.13 Å². The molecule has 0 atom stereocenters. The summed E-state index contributed by atoms with van der Waals surface area (Å²) in [6.45, 7) is 0. The quantitative estimate of drug-likeness (QED) is 0.688. The van der Waals surface area contributed by atoms with E-state index in [1.807, 2.05) is 29.6 Å². The first-order valence-electron chi connectivity index (χ1n) is 5.78. The van der Waals surface area contributed by atoms with Crippen molar-refractivity contribution in [3.05, 3.63) is 41.5 Å². The molecule has 3 rings (SSSR count). The predicted octanol–water partition coefficient (Wildman–Crippen LogP) is 2.21. The van der Waals surface area contributed by atoms with Crippen LogP contribution in [0.1, 0.15) is 10.5 Å². The normalized spacial score (nSPS) is 10.4. The van der Waals surface area contributed by atoms with Crippen molar-refractivity contribution in [2.24, 2.45) is 0 Å². The molecule has 0 saturated carbocycles. The minimum absolute atomic E-state index is 0.283. The molecule has 3 aromatic rings. The fourth-order valence-electron chi connectivity index (χ4n) is 1.85. The third-order valence-corrected chi connectivity index (χ3v) is 3.52. The van der Waals surface area contributed by atoms with Gasteiger partial charge in [-0.3, -0.25) is 4.79 Å². The second-order valence-corrected chi connectivity index (χ2v) is 4.77. The number of aromatic nitrogens is 4. The molecule has 0 radical (unpaired) electrons. The fourth-order valence-corrected chi connectivity index (χ4v) is 2.44. The van der Waals surface area contributed by atoms with Gasteiger partial charge in [-0.05, 0) is 24.3 Å². The summed E-state index contributed by atoms with van der Waals surface area (Å²) < 4.78 is 6.69. The Hall–Kier alpha value is -2.54. The van der Waals surface area contributed by atoms with E-state index in [1.54, 1.807) is 18.0 Å². The molecule has 0 aliphatic carbocycles. The number of methoxy groups -OCH3 is 1. The first-order valence-corrected chi connectivity index (χ1v) is 6.66. The number of thiazole rings is 1. The highest BCUT2D eigenvalue weighted by Crippen LogP contribution is 2.26. The molecule has 6 nitrogen and oxygen atoms in total. The maximum Gasteiger partial charge on any atom is 0.212 e. The lowest BCUT2D eigenvalue weighted by molar-refractivity contribution is 0.111. The van der Waals surface area contributed by atoms with E-state index in [1.165, 1.54) is 11.3 Å². The van der Waals surface area contributed by atoms with Gasteiger partial charge in [0.05, 0.1) is 7.11 Å². The first-order chi connectivity index (χ1) is 9.83. The smallest absolute Gasteiger partial charge is 0.212 e. The third kappa shape index (κ3) is 2.08. The highest BCUT2D eigenvalue weighted by molar-refractivity contribution is 7.12. The summed E-state index contributed by atoms with van der Waals surface area (Å²) in [4.78, 5) is 15.3.